The minimum absolute atomic E-state index is 0.0764. The molecule has 2 fully saturated rings. The van der Waals surface area contributed by atoms with Crippen LogP contribution in [0.2, 0.25) is 5.02 Å². The van der Waals surface area contributed by atoms with E-state index in [1.54, 1.807) is 29.2 Å². The summed E-state index contributed by atoms with van der Waals surface area (Å²) in [7, 11) is 0. The zero-order valence-corrected chi connectivity index (χ0v) is 16.3. The van der Waals surface area contributed by atoms with Crippen LogP contribution < -0.4 is 5.32 Å². The summed E-state index contributed by atoms with van der Waals surface area (Å²) in [5.41, 5.74) is 0.217. The number of hydrogen-bond acceptors (Lipinski definition) is 3. The third-order valence-electron chi connectivity index (χ3n) is 5.90. The summed E-state index contributed by atoms with van der Waals surface area (Å²) in [4.78, 5) is 38.5. The van der Waals surface area contributed by atoms with Gasteiger partial charge in [0.15, 0.2) is 0 Å². The predicted molar refractivity (Wildman–Crippen MR) is 102 cm³/mol. The summed E-state index contributed by atoms with van der Waals surface area (Å²) >= 11 is 6.08. The molecule has 27 heavy (non-hydrogen) atoms. The Hall–Kier alpha value is -2.08. The van der Waals surface area contributed by atoms with Crippen LogP contribution in [0, 0.1) is 17.3 Å². The maximum atomic E-state index is 13.0. The topological polar surface area (TPSA) is 86.7 Å². The number of carbonyl (C=O) groups excluding carboxylic acids is 2. The molecule has 2 aliphatic rings. The maximum absolute atomic E-state index is 13.0. The van der Waals surface area contributed by atoms with Crippen molar-refractivity contribution in [1.82, 2.24) is 10.2 Å². The van der Waals surface area contributed by atoms with E-state index in [1.165, 1.54) is 0 Å². The van der Waals surface area contributed by atoms with E-state index in [2.05, 4.69) is 5.32 Å². The Morgan fingerprint density at radius 2 is 1.85 bits per heavy atom. The van der Waals surface area contributed by atoms with Crippen molar-refractivity contribution in [2.24, 2.45) is 17.3 Å². The van der Waals surface area contributed by atoms with Crippen LogP contribution in [-0.4, -0.2) is 46.9 Å². The molecule has 6 nitrogen and oxygen atoms in total. The predicted octanol–water partition coefficient (Wildman–Crippen LogP) is 2.81. The molecule has 0 radical (unpaired) electrons. The van der Waals surface area contributed by atoms with Gasteiger partial charge in [-0.15, -0.1) is 0 Å². The number of aliphatic carboxylic acids is 1. The van der Waals surface area contributed by atoms with E-state index in [0.29, 0.717) is 42.9 Å². The van der Waals surface area contributed by atoms with Gasteiger partial charge in [-0.1, -0.05) is 37.6 Å². The number of nitrogens with one attached hydrogen (secondary N) is 1. The van der Waals surface area contributed by atoms with Crippen molar-refractivity contribution in [3.63, 3.8) is 0 Å². The van der Waals surface area contributed by atoms with Gasteiger partial charge >= 0.3 is 5.97 Å². The van der Waals surface area contributed by atoms with E-state index in [4.69, 9.17) is 11.6 Å². The van der Waals surface area contributed by atoms with Gasteiger partial charge in [-0.05, 0) is 42.7 Å². The molecule has 146 valence electrons. The molecule has 2 atom stereocenters. The number of carboxylic acid groups (broad SMARTS) is 1. The summed E-state index contributed by atoms with van der Waals surface area (Å²) in [5, 5.41) is 12.4. The average molecular weight is 393 g/mol. The first kappa shape index (κ1) is 19.7. The van der Waals surface area contributed by atoms with E-state index in [1.807, 2.05) is 13.8 Å². The van der Waals surface area contributed by atoms with Crippen molar-refractivity contribution in [3.8, 4) is 0 Å². The van der Waals surface area contributed by atoms with Crippen LogP contribution in [0.5, 0.6) is 0 Å². The molecular formula is C20H25ClN2O4. The molecular weight excluding hydrogens is 368 g/mol. The summed E-state index contributed by atoms with van der Waals surface area (Å²) in [6, 6.07) is 6.10. The highest BCUT2D eigenvalue weighted by atomic mass is 35.5. The zero-order chi connectivity index (χ0) is 19.8. The minimum Gasteiger partial charge on any atom is -0.481 e. The number of nitrogens with zero attached hydrogens (tertiary/aromatic N) is 1. The van der Waals surface area contributed by atoms with Crippen LogP contribution in [-0.2, 0) is 9.59 Å². The SMILES string of the molecule is CC(C)C(NC(=O)c1ccccc1Cl)C(=O)N1CCC2(CC1)CC2C(=O)O. The van der Waals surface area contributed by atoms with Crippen molar-refractivity contribution < 1.29 is 19.5 Å². The summed E-state index contributed by atoms with van der Waals surface area (Å²) in [6.45, 7) is 4.85. The second-order valence-corrected chi connectivity index (χ2v) is 8.36. The van der Waals surface area contributed by atoms with Crippen LogP contribution in [0.4, 0.5) is 0 Å². The number of carbonyl (C=O) groups is 3. The molecule has 1 saturated carbocycles. The fourth-order valence-corrected chi connectivity index (χ4v) is 4.22. The Morgan fingerprint density at radius 1 is 1.22 bits per heavy atom. The largest absolute Gasteiger partial charge is 0.481 e. The quantitative estimate of drug-likeness (QED) is 0.806. The van der Waals surface area contributed by atoms with Crippen molar-refractivity contribution in [2.75, 3.05) is 13.1 Å². The first-order valence-corrected chi connectivity index (χ1v) is 9.70. The summed E-state index contributed by atoms with van der Waals surface area (Å²) in [6.07, 6.45) is 2.12. The van der Waals surface area contributed by atoms with Gasteiger partial charge in [-0.25, -0.2) is 0 Å². The lowest BCUT2D eigenvalue weighted by atomic mass is 9.90. The highest BCUT2D eigenvalue weighted by Gasteiger charge is 2.59. The summed E-state index contributed by atoms with van der Waals surface area (Å²) < 4.78 is 0. The molecule has 1 aromatic carbocycles. The lowest BCUT2D eigenvalue weighted by Gasteiger charge is -2.36. The van der Waals surface area contributed by atoms with E-state index in [0.717, 1.165) is 0 Å². The van der Waals surface area contributed by atoms with Crippen LogP contribution in [0.15, 0.2) is 24.3 Å². The van der Waals surface area contributed by atoms with Gasteiger partial charge in [-0.3, -0.25) is 14.4 Å². The standard InChI is InChI=1S/C20H25ClN2O4/c1-12(2)16(22-17(24)13-5-3-4-6-15(13)21)18(25)23-9-7-20(8-10-23)11-14(20)19(26)27/h3-6,12,14,16H,7-11H2,1-2H3,(H,22,24)(H,26,27). The number of amides is 2. The van der Waals surface area contributed by atoms with Crippen LogP contribution >= 0.6 is 11.6 Å². The highest BCUT2D eigenvalue weighted by Crippen LogP contribution is 2.59. The van der Waals surface area contributed by atoms with E-state index in [9.17, 15) is 19.5 Å². The maximum Gasteiger partial charge on any atom is 0.307 e. The number of halogens is 1. The van der Waals surface area contributed by atoms with Gasteiger partial charge in [0.2, 0.25) is 5.91 Å². The van der Waals surface area contributed by atoms with E-state index >= 15 is 0 Å². The van der Waals surface area contributed by atoms with E-state index in [-0.39, 0.29) is 29.1 Å². The number of hydrogen-bond donors (Lipinski definition) is 2. The van der Waals surface area contributed by atoms with E-state index < -0.39 is 12.0 Å². The Kier molecular flexibility index (Phi) is 5.47. The molecule has 2 amide bonds. The molecule has 3 rings (SSSR count). The molecule has 2 N–H and O–H groups in total. The second-order valence-electron chi connectivity index (χ2n) is 7.96. The number of carboxylic acids is 1. The third kappa shape index (κ3) is 3.95. The molecule has 1 aliphatic heterocycles. The third-order valence-corrected chi connectivity index (χ3v) is 6.23. The Balaban J connectivity index is 1.64. The molecule has 0 bridgehead atoms. The number of rotatable bonds is 5. The smallest absolute Gasteiger partial charge is 0.307 e. The van der Waals surface area contributed by atoms with Crippen LogP contribution in [0.3, 0.4) is 0 Å². The lowest BCUT2D eigenvalue weighted by molar-refractivity contribution is -0.140. The van der Waals surface area contributed by atoms with Crippen LogP contribution in [0.1, 0.15) is 43.5 Å². The Bertz CT molecular complexity index is 756. The highest BCUT2D eigenvalue weighted by molar-refractivity contribution is 6.33. The van der Waals surface area contributed by atoms with Crippen molar-refractivity contribution in [2.45, 2.75) is 39.2 Å². The van der Waals surface area contributed by atoms with Crippen molar-refractivity contribution >= 4 is 29.4 Å². The van der Waals surface area contributed by atoms with Gasteiger partial charge in [0.05, 0.1) is 16.5 Å². The minimum atomic E-state index is -0.734. The molecule has 0 aromatic heterocycles. The first-order chi connectivity index (χ1) is 12.7. The second kappa shape index (κ2) is 7.50. The fourth-order valence-electron chi connectivity index (χ4n) is 4.00. The zero-order valence-electron chi connectivity index (χ0n) is 15.6. The average Bonchev–Trinajstić information content (AvgIpc) is 3.33. The number of piperidine rings is 1. The molecule has 1 aliphatic carbocycles. The fraction of sp³-hybridized carbons (Fsp3) is 0.550. The van der Waals surface area contributed by atoms with Gasteiger partial charge in [0, 0.05) is 13.1 Å². The number of likely N-dealkylation sites (tertiary alicyclic amines) is 1. The van der Waals surface area contributed by atoms with Gasteiger partial charge in [-0.2, -0.15) is 0 Å². The van der Waals surface area contributed by atoms with Gasteiger partial charge < -0.3 is 15.3 Å². The molecule has 1 spiro atoms. The van der Waals surface area contributed by atoms with Crippen molar-refractivity contribution in [3.05, 3.63) is 34.9 Å². The van der Waals surface area contributed by atoms with Gasteiger partial charge in [0.25, 0.3) is 5.91 Å². The molecule has 7 heteroatoms. The first-order valence-electron chi connectivity index (χ1n) is 9.32. The summed E-state index contributed by atoms with van der Waals surface area (Å²) in [5.74, 6) is -1.56. The Morgan fingerprint density at radius 3 is 2.37 bits per heavy atom. The van der Waals surface area contributed by atoms with Crippen LogP contribution in [0.25, 0.3) is 0 Å². The monoisotopic (exact) mass is 392 g/mol. The van der Waals surface area contributed by atoms with Crippen molar-refractivity contribution in [1.29, 1.82) is 0 Å². The van der Waals surface area contributed by atoms with Gasteiger partial charge in [0.1, 0.15) is 6.04 Å². The number of benzene rings is 1. The Labute approximate surface area is 163 Å². The molecule has 1 aromatic rings. The lowest BCUT2D eigenvalue weighted by Crippen LogP contribution is -2.53. The normalized spacial score (nSPS) is 21.8. The molecule has 2 unspecified atom stereocenters. The molecule has 1 heterocycles. The molecule has 1 saturated heterocycles.